The lowest BCUT2D eigenvalue weighted by Gasteiger charge is -2.22. The van der Waals surface area contributed by atoms with Gasteiger partial charge in [0, 0.05) is 18.7 Å². The Balaban J connectivity index is 2.46. The van der Waals surface area contributed by atoms with Crippen LogP contribution in [0.25, 0.3) is 0 Å². The largest absolute Gasteiger partial charge is 0.395 e. The van der Waals surface area contributed by atoms with Gasteiger partial charge in [-0.1, -0.05) is 42.2 Å². The summed E-state index contributed by atoms with van der Waals surface area (Å²) in [6.07, 6.45) is 0. The minimum absolute atomic E-state index is 0.0370. The van der Waals surface area contributed by atoms with Crippen LogP contribution in [0.5, 0.6) is 0 Å². The van der Waals surface area contributed by atoms with Gasteiger partial charge in [-0.15, -0.1) is 0 Å². The Kier molecular flexibility index (Phi) is 6.67. The highest BCUT2D eigenvalue weighted by Gasteiger charge is 2.26. The molecule has 0 spiro atoms. The van der Waals surface area contributed by atoms with Crippen molar-refractivity contribution in [1.82, 2.24) is 4.31 Å². The van der Waals surface area contributed by atoms with Crippen LogP contribution >= 0.6 is 0 Å². The third-order valence-corrected chi connectivity index (χ3v) is 5.32. The molecule has 25 heavy (non-hydrogen) atoms. The van der Waals surface area contributed by atoms with Crippen molar-refractivity contribution >= 4 is 10.0 Å². The predicted octanol–water partition coefficient (Wildman–Crippen LogP) is 1.35. The average molecular weight is 363 g/mol. The zero-order valence-electron chi connectivity index (χ0n) is 13.4. The van der Waals surface area contributed by atoms with Crippen molar-refractivity contribution in [3.63, 3.8) is 0 Å². The quantitative estimate of drug-likeness (QED) is 0.760. The lowest BCUT2D eigenvalue weighted by molar-refractivity contribution is 0.251. The van der Waals surface area contributed by atoms with Crippen molar-refractivity contribution < 1.29 is 23.0 Å². The number of sulfonamides is 1. The minimum atomic E-state index is -4.02. The van der Waals surface area contributed by atoms with Crippen LogP contribution in [0.3, 0.4) is 0 Å². The maximum Gasteiger partial charge on any atom is 0.244 e. The summed E-state index contributed by atoms with van der Waals surface area (Å²) in [6, 6.07) is 12.1. The van der Waals surface area contributed by atoms with Crippen LogP contribution in [0.1, 0.15) is 11.1 Å². The van der Waals surface area contributed by atoms with Gasteiger partial charge in [0.05, 0.1) is 11.5 Å². The van der Waals surface area contributed by atoms with E-state index < -0.39 is 22.4 Å². The summed E-state index contributed by atoms with van der Waals surface area (Å²) in [5.41, 5.74) is 0.717. The van der Waals surface area contributed by atoms with Gasteiger partial charge in [0.2, 0.25) is 10.0 Å². The minimum Gasteiger partial charge on any atom is -0.395 e. The lowest BCUT2D eigenvalue weighted by Crippen LogP contribution is -2.33. The van der Waals surface area contributed by atoms with Gasteiger partial charge >= 0.3 is 0 Å². The number of halogens is 1. The molecule has 5 nitrogen and oxygen atoms in total. The topological polar surface area (TPSA) is 77.8 Å². The van der Waals surface area contributed by atoms with Crippen LogP contribution in [0.4, 0.5) is 4.39 Å². The fourth-order valence-corrected chi connectivity index (χ4v) is 3.83. The first-order chi connectivity index (χ1) is 12.0. The van der Waals surface area contributed by atoms with E-state index in [9.17, 15) is 17.9 Å². The molecule has 0 unspecified atom stereocenters. The smallest absolute Gasteiger partial charge is 0.244 e. The molecule has 0 radical (unpaired) electrons. The summed E-state index contributed by atoms with van der Waals surface area (Å²) >= 11 is 0. The number of hydrogen-bond acceptors (Lipinski definition) is 4. The van der Waals surface area contributed by atoms with Crippen LogP contribution in [0.15, 0.2) is 53.4 Å². The van der Waals surface area contributed by atoms with Crippen LogP contribution in [-0.4, -0.2) is 42.7 Å². The van der Waals surface area contributed by atoms with Crippen LogP contribution in [0.2, 0.25) is 0 Å². The molecule has 0 saturated carbocycles. The molecule has 2 aromatic rings. The van der Waals surface area contributed by atoms with Gasteiger partial charge in [0.15, 0.2) is 0 Å². The molecule has 0 heterocycles. The van der Waals surface area contributed by atoms with Crippen molar-refractivity contribution in [1.29, 1.82) is 0 Å². The molecule has 2 rings (SSSR count). The van der Waals surface area contributed by atoms with Crippen LogP contribution in [0, 0.1) is 17.7 Å². The molecule has 0 saturated heterocycles. The standard InChI is InChI=1S/C18H18FNO4S/c19-17-8-9-18(16(13-17)7-4-11-21)25(23,24)20(10-12-22)14-15-5-2-1-3-6-15/h1-3,5-6,8-9,13,21-22H,10-12,14H2. The van der Waals surface area contributed by atoms with E-state index in [1.807, 2.05) is 6.07 Å². The van der Waals surface area contributed by atoms with Gasteiger partial charge in [-0.2, -0.15) is 4.31 Å². The highest BCUT2D eigenvalue weighted by molar-refractivity contribution is 7.89. The molecule has 0 atom stereocenters. The molecule has 7 heteroatoms. The number of aliphatic hydroxyl groups is 2. The molecular formula is C18H18FNO4S. The van der Waals surface area contributed by atoms with Gasteiger partial charge in [-0.05, 0) is 23.8 Å². The average Bonchev–Trinajstić information content (AvgIpc) is 2.60. The molecule has 0 aliphatic heterocycles. The maximum atomic E-state index is 13.5. The third kappa shape index (κ3) is 4.87. The van der Waals surface area contributed by atoms with E-state index in [2.05, 4.69) is 11.8 Å². The Morgan fingerprint density at radius 3 is 2.44 bits per heavy atom. The van der Waals surface area contributed by atoms with Gasteiger partial charge in [-0.25, -0.2) is 12.8 Å². The normalized spacial score (nSPS) is 11.2. The highest BCUT2D eigenvalue weighted by Crippen LogP contribution is 2.22. The Hall–Kier alpha value is -2.24. The second kappa shape index (κ2) is 8.74. The molecule has 0 aromatic heterocycles. The zero-order valence-corrected chi connectivity index (χ0v) is 14.2. The van der Waals surface area contributed by atoms with Crippen molar-refractivity contribution in [2.75, 3.05) is 19.8 Å². The van der Waals surface area contributed by atoms with Crippen LogP contribution in [-0.2, 0) is 16.6 Å². The second-order valence-corrected chi connectivity index (χ2v) is 7.05. The van der Waals surface area contributed by atoms with E-state index >= 15 is 0 Å². The second-order valence-electron chi connectivity index (χ2n) is 5.15. The summed E-state index contributed by atoms with van der Waals surface area (Å²) in [6.45, 7) is -0.874. The molecule has 2 aromatic carbocycles. The SMILES string of the molecule is O=S(=O)(c1ccc(F)cc1C#CCO)N(CCO)Cc1ccccc1. The van der Waals surface area contributed by atoms with E-state index in [-0.39, 0.29) is 30.2 Å². The lowest BCUT2D eigenvalue weighted by atomic mass is 10.2. The number of hydrogen-bond donors (Lipinski definition) is 2. The Bertz CT molecular complexity index is 873. The first kappa shape index (κ1) is 19.1. The van der Waals surface area contributed by atoms with Crippen molar-refractivity contribution in [3.8, 4) is 11.8 Å². The summed E-state index contributed by atoms with van der Waals surface area (Å²) in [5, 5.41) is 18.1. The monoisotopic (exact) mass is 363 g/mol. The van der Waals surface area contributed by atoms with Gasteiger partial charge < -0.3 is 10.2 Å². The van der Waals surface area contributed by atoms with Crippen molar-refractivity contribution in [2.45, 2.75) is 11.4 Å². The van der Waals surface area contributed by atoms with E-state index in [0.717, 1.165) is 28.1 Å². The summed E-state index contributed by atoms with van der Waals surface area (Å²) in [5.74, 6) is 4.17. The van der Waals surface area contributed by atoms with Crippen molar-refractivity contribution in [3.05, 3.63) is 65.5 Å². The molecule has 0 fully saturated rings. The number of nitrogens with zero attached hydrogens (tertiary/aromatic N) is 1. The predicted molar refractivity (Wildman–Crippen MR) is 91.5 cm³/mol. The molecule has 0 bridgehead atoms. The Labute approximate surface area is 146 Å². The van der Waals surface area contributed by atoms with Gasteiger partial charge in [-0.3, -0.25) is 0 Å². The van der Waals surface area contributed by atoms with Gasteiger partial charge in [0.1, 0.15) is 12.4 Å². The van der Waals surface area contributed by atoms with Crippen molar-refractivity contribution in [2.24, 2.45) is 0 Å². The molecular weight excluding hydrogens is 345 g/mol. The Morgan fingerprint density at radius 1 is 1.08 bits per heavy atom. The zero-order chi connectivity index (χ0) is 18.3. The molecule has 132 valence electrons. The summed E-state index contributed by atoms with van der Waals surface area (Å²) in [7, 11) is -4.02. The highest BCUT2D eigenvalue weighted by atomic mass is 32.2. The molecule has 0 aliphatic rings. The third-order valence-electron chi connectivity index (χ3n) is 3.41. The fourth-order valence-electron chi connectivity index (χ4n) is 2.28. The molecule has 0 aliphatic carbocycles. The van der Waals surface area contributed by atoms with E-state index in [1.165, 1.54) is 0 Å². The summed E-state index contributed by atoms with van der Waals surface area (Å²) in [4.78, 5) is -0.167. The van der Waals surface area contributed by atoms with Crippen LogP contribution < -0.4 is 0 Å². The number of benzene rings is 2. The first-order valence-corrected chi connectivity index (χ1v) is 8.97. The summed E-state index contributed by atoms with van der Waals surface area (Å²) < 4.78 is 40.6. The fraction of sp³-hybridized carbons (Fsp3) is 0.222. The van der Waals surface area contributed by atoms with E-state index in [0.29, 0.717) is 0 Å². The number of aliphatic hydroxyl groups excluding tert-OH is 2. The van der Waals surface area contributed by atoms with E-state index in [4.69, 9.17) is 5.11 Å². The van der Waals surface area contributed by atoms with Gasteiger partial charge in [0.25, 0.3) is 0 Å². The first-order valence-electron chi connectivity index (χ1n) is 7.53. The molecule has 0 amide bonds. The Morgan fingerprint density at radius 2 is 1.80 bits per heavy atom. The van der Waals surface area contributed by atoms with E-state index in [1.54, 1.807) is 24.3 Å². The number of rotatable bonds is 6. The maximum absolute atomic E-state index is 13.5. The molecule has 2 N–H and O–H groups in total.